The fourth-order valence-corrected chi connectivity index (χ4v) is 2.21. The molecule has 0 aromatic carbocycles. The van der Waals surface area contributed by atoms with Crippen molar-refractivity contribution in [1.29, 1.82) is 5.26 Å². The first kappa shape index (κ1) is 12.1. The number of carbonyl (C=O) groups excluding carboxylic acids is 1. The fraction of sp³-hybridized carbons (Fsp3) is 0.400. The van der Waals surface area contributed by atoms with Gasteiger partial charge >= 0.3 is 0 Å². The Balaban J connectivity index is 2.43. The Morgan fingerprint density at radius 1 is 1.71 bits per heavy atom. The molecule has 5 nitrogen and oxygen atoms in total. The summed E-state index contributed by atoms with van der Waals surface area (Å²) in [5.74, 6) is 0.257. The molecule has 0 N–H and O–H groups in total. The van der Waals surface area contributed by atoms with Crippen LogP contribution in [0.2, 0.25) is 0 Å². The zero-order chi connectivity index (χ0) is 12.4. The van der Waals surface area contributed by atoms with Crippen LogP contribution in [0.25, 0.3) is 0 Å². The van der Waals surface area contributed by atoms with Crippen molar-refractivity contribution in [2.45, 2.75) is 17.0 Å². The molecule has 1 atom stereocenters. The second-order valence-electron chi connectivity index (χ2n) is 3.51. The number of aromatic nitrogens is 2. The van der Waals surface area contributed by atoms with Crippen LogP contribution in [0.4, 0.5) is 5.82 Å². The van der Waals surface area contributed by atoms with Crippen molar-refractivity contribution in [2.24, 2.45) is 0 Å². The highest BCUT2D eigenvalue weighted by Gasteiger charge is 2.31. The van der Waals surface area contributed by atoms with Gasteiger partial charge in [-0.25, -0.2) is 9.97 Å². The van der Waals surface area contributed by atoms with Gasteiger partial charge in [0.05, 0.1) is 11.6 Å². The van der Waals surface area contributed by atoms with E-state index in [9.17, 15) is 4.79 Å². The number of thioether (sulfide) groups is 1. The number of alkyl halides is 1. The summed E-state index contributed by atoms with van der Waals surface area (Å²) in [5, 5.41) is 9.30. The Morgan fingerprint density at radius 2 is 2.47 bits per heavy atom. The number of nitriles is 1. The Hall–Kier alpha value is -1.32. The Kier molecular flexibility index (Phi) is 3.50. The number of carbonyl (C=O) groups is 1. The van der Waals surface area contributed by atoms with Crippen LogP contribution in [0.3, 0.4) is 0 Å². The second kappa shape index (κ2) is 4.90. The SMILES string of the molecule is CSc1ncc(C#N)c(N2CC(Cl)CC2=O)n1. The minimum absolute atomic E-state index is 0.104. The van der Waals surface area contributed by atoms with Crippen LogP contribution in [0.15, 0.2) is 11.4 Å². The molecule has 1 aromatic heterocycles. The summed E-state index contributed by atoms with van der Waals surface area (Å²) in [7, 11) is 0. The van der Waals surface area contributed by atoms with E-state index in [0.29, 0.717) is 23.1 Å². The first-order valence-corrected chi connectivity index (χ1v) is 6.57. The number of hydrogen-bond acceptors (Lipinski definition) is 5. The van der Waals surface area contributed by atoms with Crippen LogP contribution in [0, 0.1) is 11.3 Å². The van der Waals surface area contributed by atoms with E-state index in [0.717, 1.165) is 0 Å². The van der Waals surface area contributed by atoms with Crippen molar-refractivity contribution in [3.05, 3.63) is 11.8 Å². The number of nitrogens with zero attached hydrogens (tertiary/aromatic N) is 4. The lowest BCUT2D eigenvalue weighted by molar-refractivity contribution is -0.117. The lowest BCUT2D eigenvalue weighted by Gasteiger charge is -2.16. The monoisotopic (exact) mass is 268 g/mol. The Morgan fingerprint density at radius 3 is 3.00 bits per heavy atom. The summed E-state index contributed by atoms with van der Waals surface area (Å²) in [6, 6.07) is 1.99. The van der Waals surface area contributed by atoms with Crippen molar-refractivity contribution < 1.29 is 4.79 Å². The van der Waals surface area contributed by atoms with Gasteiger partial charge in [0.25, 0.3) is 0 Å². The molecule has 1 aliphatic rings. The van der Waals surface area contributed by atoms with Gasteiger partial charge in [0, 0.05) is 13.0 Å². The van der Waals surface area contributed by atoms with E-state index in [-0.39, 0.29) is 17.7 Å². The molecule has 0 bridgehead atoms. The molecule has 0 radical (unpaired) electrons. The first-order valence-electron chi connectivity index (χ1n) is 4.91. The number of halogens is 1. The minimum Gasteiger partial charge on any atom is -0.294 e. The fourth-order valence-electron chi connectivity index (χ4n) is 1.61. The summed E-state index contributed by atoms with van der Waals surface area (Å²) in [4.78, 5) is 21.4. The van der Waals surface area contributed by atoms with E-state index in [1.54, 1.807) is 0 Å². The van der Waals surface area contributed by atoms with E-state index in [1.165, 1.54) is 22.9 Å². The Bertz CT molecular complexity index is 502. The maximum absolute atomic E-state index is 11.7. The van der Waals surface area contributed by atoms with Crippen molar-refractivity contribution in [2.75, 3.05) is 17.7 Å². The van der Waals surface area contributed by atoms with Gasteiger partial charge in [-0.3, -0.25) is 9.69 Å². The molecule has 17 heavy (non-hydrogen) atoms. The van der Waals surface area contributed by atoms with Crippen LogP contribution < -0.4 is 4.90 Å². The molecule has 1 aliphatic heterocycles. The highest BCUT2D eigenvalue weighted by atomic mass is 35.5. The maximum atomic E-state index is 11.7. The normalized spacial score (nSPS) is 19.5. The van der Waals surface area contributed by atoms with E-state index >= 15 is 0 Å². The van der Waals surface area contributed by atoms with E-state index in [2.05, 4.69) is 9.97 Å². The molecule has 2 heterocycles. The van der Waals surface area contributed by atoms with Crippen LogP contribution in [-0.4, -0.2) is 34.1 Å². The molecule has 1 aromatic rings. The molecule has 1 saturated heterocycles. The molecule has 1 fully saturated rings. The van der Waals surface area contributed by atoms with Gasteiger partial charge in [-0.15, -0.1) is 11.6 Å². The summed E-state index contributed by atoms with van der Waals surface area (Å²) >= 11 is 7.29. The third kappa shape index (κ3) is 2.35. The molecule has 2 rings (SSSR count). The molecular weight excluding hydrogens is 260 g/mol. The largest absolute Gasteiger partial charge is 0.294 e. The molecule has 1 amide bonds. The highest BCUT2D eigenvalue weighted by Crippen LogP contribution is 2.26. The molecule has 0 saturated carbocycles. The Labute approximate surface area is 108 Å². The molecule has 7 heteroatoms. The third-order valence-electron chi connectivity index (χ3n) is 2.38. The van der Waals surface area contributed by atoms with Gasteiger partial charge in [-0.05, 0) is 6.26 Å². The topological polar surface area (TPSA) is 69.9 Å². The highest BCUT2D eigenvalue weighted by molar-refractivity contribution is 7.98. The maximum Gasteiger partial charge on any atom is 0.229 e. The quantitative estimate of drug-likeness (QED) is 0.461. The lowest BCUT2D eigenvalue weighted by atomic mass is 10.3. The van der Waals surface area contributed by atoms with Gasteiger partial charge in [0.2, 0.25) is 5.91 Å². The molecule has 1 unspecified atom stereocenters. The van der Waals surface area contributed by atoms with Crippen LogP contribution in [0.5, 0.6) is 0 Å². The zero-order valence-corrected chi connectivity index (χ0v) is 10.6. The predicted molar refractivity (Wildman–Crippen MR) is 65.1 cm³/mol. The summed E-state index contributed by atoms with van der Waals surface area (Å²) < 4.78 is 0. The van der Waals surface area contributed by atoms with Crippen molar-refractivity contribution in [1.82, 2.24) is 9.97 Å². The minimum atomic E-state index is -0.221. The summed E-state index contributed by atoms with van der Waals surface area (Å²) in [6.45, 7) is 0.389. The van der Waals surface area contributed by atoms with Crippen molar-refractivity contribution >= 4 is 35.1 Å². The number of anilines is 1. The van der Waals surface area contributed by atoms with Crippen LogP contribution >= 0.6 is 23.4 Å². The summed E-state index contributed by atoms with van der Waals surface area (Å²) in [5.41, 5.74) is 0.293. The number of hydrogen-bond donors (Lipinski definition) is 0. The van der Waals surface area contributed by atoms with E-state index in [1.807, 2.05) is 12.3 Å². The molecule has 0 spiro atoms. The number of rotatable bonds is 2. The summed E-state index contributed by atoms with van der Waals surface area (Å²) in [6.07, 6.45) is 3.55. The van der Waals surface area contributed by atoms with Crippen LogP contribution in [-0.2, 0) is 4.79 Å². The van der Waals surface area contributed by atoms with Gasteiger partial charge in [-0.2, -0.15) is 5.26 Å². The van der Waals surface area contributed by atoms with Crippen molar-refractivity contribution in [3.63, 3.8) is 0 Å². The van der Waals surface area contributed by atoms with Gasteiger partial charge in [0.15, 0.2) is 11.0 Å². The lowest BCUT2D eigenvalue weighted by Crippen LogP contribution is -2.27. The van der Waals surface area contributed by atoms with Gasteiger partial charge in [0.1, 0.15) is 11.6 Å². The standard InChI is InChI=1S/C10H9ClN4OS/c1-17-10-13-4-6(3-12)9(14-10)15-5-7(11)2-8(15)16/h4,7H,2,5H2,1H3. The third-order valence-corrected chi connectivity index (χ3v) is 3.24. The smallest absolute Gasteiger partial charge is 0.229 e. The van der Waals surface area contributed by atoms with Crippen LogP contribution in [0.1, 0.15) is 12.0 Å². The van der Waals surface area contributed by atoms with Gasteiger partial charge in [-0.1, -0.05) is 11.8 Å². The van der Waals surface area contributed by atoms with Crippen molar-refractivity contribution in [3.8, 4) is 6.07 Å². The second-order valence-corrected chi connectivity index (χ2v) is 4.90. The molecule has 0 aliphatic carbocycles. The zero-order valence-electron chi connectivity index (χ0n) is 9.05. The average molecular weight is 269 g/mol. The molecular formula is C10H9ClN4OS. The average Bonchev–Trinajstić information content (AvgIpc) is 2.67. The van der Waals surface area contributed by atoms with E-state index < -0.39 is 0 Å². The number of amides is 1. The van der Waals surface area contributed by atoms with Gasteiger partial charge < -0.3 is 0 Å². The first-order chi connectivity index (χ1) is 8.15. The predicted octanol–water partition coefficient (Wildman–Crippen LogP) is 1.41. The van der Waals surface area contributed by atoms with E-state index in [4.69, 9.17) is 16.9 Å². The molecule has 88 valence electrons.